The molecule has 1 N–H and O–H groups in total. The van der Waals surface area contributed by atoms with Gasteiger partial charge in [-0.3, -0.25) is 9.78 Å². The Morgan fingerprint density at radius 3 is 2.56 bits per heavy atom. The van der Waals surface area contributed by atoms with E-state index in [1.54, 1.807) is 6.20 Å². The summed E-state index contributed by atoms with van der Waals surface area (Å²) in [5.74, 6) is 0.308. The Hall–Kier alpha value is -2.14. The van der Waals surface area contributed by atoms with Crippen LogP contribution in [0.3, 0.4) is 0 Å². The zero-order chi connectivity index (χ0) is 12.8. The number of nitrogens with zero attached hydrogens (tertiary/aromatic N) is 3. The maximum Gasteiger partial charge on any atom is 0.191 e. The van der Waals surface area contributed by atoms with Crippen molar-refractivity contribution in [3.8, 4) is 0 Å². The van der Waals surface area contributed by atoms with Gasteiger partial charge >= 0.3 is 0 Å². The Morgan fingerprint density at radius 2 is 1.94 bits per heavy atom. The van der Waals surface area contributed by atoms with Crippen molar-refractivity contribution < 1.29 is 9.90 Å². The minimum atomic E-state index is -0.515. The van der Waals surface area contributed by atoms with E-state index in [0.29, 0.717) is 17.8 Å². The minimum absolute atomic E-state index is 0.336. The Morgan fingerprint density at radius 1 is 1.17 bits per heavy atom. The third-order valence-electron chi connectivity index (χ3n) is 2.53. The fourth-order valence-electron chi connectivity index (χ4n) is 1.52. The predicted molar refractivity (Wildman–Crippen MR) is 65.1 cm³/mol. The zero-order valence-corrected chi connectivity index (χ0v) is 9.78. The van der Waals surface area contributed by atoms with Crippen molar-refractivity contribution in [2.24, 2.45) is 0 Å². The fourth-order valence-corrected chi connectivity index (χ4v) is 1.52. The molecule has 0 aliphatic heterocycles. The summed E-state index contributed by atoms with van der Waals surface area (Å²) < 4.78 is 0. The number of aliphatic hydroxyl groups is 1. The van der Waals surface area contributed by atoms with Gasteiger partial charge in [-0.2, -0.15) is 0 Å². The number of aliphatic hydroxyl groups excluding tert-OH is 1. The zero-order valence-electron chi connectivity index (χ0n) is 9.78. The number of carbonyl (C=O) groups excluding carboxylic acids is 1. The first-order valence-electron chi connectivity index (χ1n) is 5.63. The lowest BCUT2D eigenvalue weighted by Gasteiger charge is -2.01. The Labute approximate surface area is 105 Å². The Kier molecular flexibility index (Phi) is 4.09. The molecule has 0 aromatic carbocycles. The summed E-state index contributed by atoms with van der Waals surface area (Å²) in [4.78, 5) is 23.4. The van der Waals surface area contributed by atoms with Gasteiger partial charge in [0.2, 0.25) is 0 Å². The highest BCUT2D eigenvalue weighted by Gasteiger charge is 2.05. The van der Waals surface area contributed by atoms with Crippen LogP contribution in [0.4, 0.5) is 0 Å². The van der Waals surface area contributed by atoms with E-state index in [-0.39, 0.29) is 5.78 Å². The first-order chi connectivity index (χ1) is 8.79. The second-order valence-corrected chi connectivity index (χ2v) is 3.83. The quantitative estimate of drug-likeness (QED) is 0.787. The Bertz CT molecular complexity index is 512. The molecule has 0 spiro atoms. The number of hydrogen-bond donors (Lipinski definition) is 1. The molecule has 0 aliphatic carbocycles. The second-order valence-electron chi connectivity index (χ2n) is 3.83. The van der Waals surface area contributed by atoms with Crippen molar-refractivity contribution in [3.05, 3.63) is 53.9 Å². The number of rotatable bonds is 5. The molecule has 0 bridgehead atoms. The predicted octanol–water partition coefficient (Wildman–Crippen LogP) is 0.832. The van der Waals surface area contributed by atoms with Crippen molar-refractivity contribution in [1.29, 1.82) is 0 Å². The number of Topliss-reactive ketones (excluding diaryl/α,β-unsaturated/α-hetero) is 1. The number of aromatic nitrogens is 3. The van der Waals surface area contributed by atoms with Crippen LogP contribution in [0.2, 0.25) is 0 Å². The molecule has 0 saturated carbocycles. The maximum absolute atomic E-state index is 11.2. The van der Waals surface area contributed by atoms with Gasteiger partial charge in [0, 0.05) is 31.2 Å². The van der Waals surface area contributed by atoms with E-state index in [1.165, 1.54) is 12.4 Å². The molecule has 5 heteroatoms. The van der Waals surface area contributed by atoms with Gasteiger partial charge in [0.15, 0.2) is 5.78 Å². The molecule has 0 aliphatic rings. The van der Waals surface area contributed by atoms with E-state index in [9.17, 15) is 4.79 Å². The first-order valence-corrected chi connectivity index (χ1v) is 5.63. The van der Waals surface area contributed by atoms with Crippen molar-refractivity contribution in [2.75, 3.05) is 6.61 Å². The van der Waals surface area contributed by atoms with E-state index < -0.39 is 6.61 Å². The smallest absolute Gasteiger partial charge is 0.191 e. The second kappa shape index (κ2) is 5.97. The molecule has 0 saturated heterocycles. The monoisotopic (exact) mass is 243 g/mol. The summed E-state index contributed by atoms with van der Waals surface area (Å²) in [7, 11) is 0. The van der Waals surface area contributed by atoms with Crippen molar-refractivity contribution in [2.45, 2.75) is 12.8 Å². The molecule has 0 radical (unpaired) electrons. The van der Waals surface area contributed by atoms with E-state index in [0.717, 1.165) is 12.0 Å². The van der Waals surface area contributed by atoms with Crippen LogP contribution in [-0.2, 0) is 12.8 Å². The summed E-state index contributed by atoms with van der Waals surface area (Å²) in [5.41, 5.74) is 1.46. The highest BCUT2D eigenvalue weighted by molar-refractivity contribution is 5.96. The number of hydrogen-bond acceptors (Lipinski definition) is 5. The average molecular weight is 243 g/mol. The molecule has 2 aromatic heterocycles. The van der Waals surface area contributed by atoms with Crippen LogP contribution in [0.15, 0.2) is 36.9 Å². The van der Waals surface area contributed by atoms with Crippen LogP contribution in [0.5, 0.6) is 0 Å². The van der Waals surface area contributed by atoms with Crippen LogP contribution in [-0.4, -0.2) is 32.4 Å². The van der Waals surface area contributed by atoms with E-state index in [4.69, 9.17) is 5.11 Å². The third-order valence-corrected chi connectivity index (χ3v) is 2.53. The first kappa shape index (κ1) is 12.3. The van der Waals surface area contributed by atoms with Crippen molar-refractivity contribution in [3.63, 3.8) is 0 Å². The van der Waals surface area contributed by atoms with Gasteiger partial charge in [-0.15, -0.1) is 0 Å². The summed E-state index contributed by atoms with van der Waals surface area (Å²) in [6.45, 7) is -0.515. The van der Waals surface area contributed by atoms with Crippen LogP contribution in [0, 0.1) is 0 Å². The minimum Gasteiger partial charge on any atom is -0.388 e. The molecule has 18 heavy (non-hydrogen) atoms. The number of carbonyl (C=O) groups is 1. The van der Waals surface area contributed by atoms with Crippen LogP contribution < -0.4 is 0 Å². The topological polar surface area (TPSA) is 76.0 Å². The molecule has 0 atom stereocenters. The largest absolute Gasteiger partial charge is 0.388 e. The van der Waals surface area contributed by atoms with E-state index in [2.05, 4.69) is 15.0 Å². The number of ketones is 1. The van der Waals surface area contributed by atoms with Crippen LogP contribution >= 0.6 is 0 Å². The molecule has 0 unspecified atom stereocenters. The van der Waals surface area contributed by atoms with Gasteiger partial charge in [0.05, 0.1) is 5.56 Å². The standard InChI is InChI=1S/C13H13N3O2/c17-9-12(18)11-7-15-13(16-8-11)4-3-10-2-1-5-14-6-10/h1-2,5-8,17H,3-4,9H2. The summed E-state index contributed by atoms with van der Waals surface area (Å²) >= 11 is 0. The average Bonchev–Trinajstić information content (AvgIpc) is 2.46. The molecule has 0 amide bonds. The molecule has 2 rings (SSSR count). The van der Waals surface area contributed by atoms with Gasteiger partial charge in [0.25, 0.3) is 0 Å². The summed E-state index contributed by atoms with van der Waals surface area (Å²) in [6.07, 6.45) is 7.94. The maximum atomic E-state index is 11.2. The van der Waals surface area contributed by atoms with Crippen LogP contribution in [0.1, 0.15) is 21.7 Å². The summed E-state index contributed by atoms with van der Waals surface area (Å²) in [5, 5.41) is 8.70. The SMILES string of the molecule is O=C(CO)c1cnc(CCc2cccnc2)nc1. The van der Waals surface area contributed by atoms with Crippen molar-refractivity contribution in [1.82, 2.24) is 15.0 Å². The Balaban J connectivity index is 1.97. The highest BCUT2D eigenvalue weighted by atomic mass is 16.3. The van der Waals surface area contributed by atoms with Gasteiger partial charge in [-0.25, -0.2) is 9.97 Å². The molecular weight excluding hydrogens is 230 g/mol. The van der Waals surface area contributed by atoms with Gasteiger partial charge < -0.3 is 5.11 Å². The fraction of sp³-hybridized carbons (Fsp3) is 0.231. The third kappa shape index (κ3) is 3.18. The lowest BCUT2D eigenvalue weighted by molar-refractivity contribution is 0.0903. The molecule has 5 nitrogen and oxygen atoms in total. The van der Waals surface area contributed by atoms with Gasteiger partial charge in [-0.1, -0.05) is 6.07 Å². The number of pyridine rings is 1. The molecule has 92 valence electrons. The molecule has 0 fully saturated rings. The molecular formula is C13H13N3O2. The van der Waals surface area contributed by atoms with Gasteiger partial charge in [0.1, 0.15) is 12.4 Å². The molecule has 2 heterocycles. The lowest BCUT2D eigenvalue weighted by atomic mass is 10.1. The van der Waals surface area contributed by atoms with Gasteiger partial charge in [-0.05, 0) is 18.1 Å². The van der Waals surface area contributed by atoms with E-state index in [1.807, 2.05) is 18.3 Å². The van der Waals surface area contributed by atoms with Crippen molar-refractivity contribution >= 4 is 5.78 Å². The normalized spacial score (nSPS) is 10.3. The summed E-state index contributed by atoms with van der Waals surface area (Å²) in [6, 6.07) is 3.88. The molecule has 2 aromatic rings. The van der Waals surface area contributed by atoms with Crippen LogP contribution in [0.25, 0.3) is 0 Å². The van der Waals surface area contributed by atoms with E-state index >= 15 is 0 Å². The highest BCUT2D eigenvalue weighted by Crippen LogP contribution is 2.03. The number of aryl methyl sites for hydroxylation is 2. The lowest BCUT2D eigenvalue weighted by Crippen LogP contribution is -2.07.